The first-order valence-electron chi connectivity index (χ1n) is 6.29. The SMILES string of the molecule is CCCN(CCC)C(C)NC(=O)CCCO. The van der Waals surface area contributed by atoms with Crippen LogP contribution < -0.4 is 5.32 Å². The molecule has 4 heteroatoms. The number of nitrogens with one attached hydrogen (secondary N) is 1. The number of carbonyl (C=O) groups excluding carboxylic acids is 1. The van der Waals surface area contributed by atoms with Gasteiger partial charge in [0.25, 0.3) is 0 Å². The Bertz CT molecular complexity index is 180. The van der Waals surface area contributed by atoms with Gasteiger partial charge in [-0.05, 0) is 39.3 Å². The summed E-state index contributed by atoms with van der Waals surface area (Å²) < 4.78 is 0. The van der Waals surface area contributed by atoms with Gasteiger partial charge in [0.15, 0.2) is 0 Å². The van der Waals surface area contributed by atoms with Crippen LogP contribution in [0.2, 0.25) is 0 Å². The normalized spacial score (nSPS) is 12.8. The van der Waals surface area contributed by atoms with Crippen molar-refractivity contribution in [2.75, 3.05) is 19.7 Å². The summed E-state index contributed by atoms with van der Waals surface area (Å²) in [5.74, 6) is 0.0266. The molecular weight excluding hydrogens is 204 g/mol. The Morgan fingerprint density at radius 2 is 1.88 bits per heavy atom. The lowest BCUT2D eigenvalue weighted by atomic mass is 10.3. The molecule has 0 aromatic heterocycles. The number of hydrogen-bond acceptors (Lipinski definition) is 3. The minimum Gasteiger partial charge on any atom is -0.396 e. The molecule has 0 saturated carbocycles. The molecular formula is C12H26N2O2. The molecule has 0 spiro atoms. The molecule has 0 aromatic carbocycles. The maximum Gasteiger partial charge on any atom is 0.221 e. The topological polar surface area (TPSA) is 52.6 Å². The van der Waals surface area contributed by atoms with Crippen LogP contribution >= 0.6 is 0 Å². The lowest BCUT2D eigenvalue weighted by Gasteiger charge is -2.29. The summed E-state index contributed by atoms with van der Waals surface area (Å²) in [5.41, 5.74) is 0. The monoisotopic (exact) mass is 230 g/mol. The first-order chi connectivity index (χ1) is 7.65. The molecule has 0 bridgehead atoms. The van der Waals surface area contributed by atoms with Gasteiger partial charge in [-0.25, -0.2) is 0 Å². The minimum atomic E-state index is 0.0266. The third-order valence-corrected chi connectivity index (χ3v) is 2.50. The maximum absolute atomic E-state index is 11.5. The molecule has 0 heterocycles. The van der Waals surface area contributed by atoms with Crippen LogP contribution in [0.15, 0.2) is 0 Å². The van der Waals surface area contributed by atoms with Gasteiger partial charge in [0, 0.05) is 13.0 Å². The molecule has 0 fully saturated rings. The Morgan fingerprint density at radius 3 is 2.31 bits per heavy atom. The zero-order chi connectivity index (χ0) is 12.4. The molecule has 1 unspecified atom stereocenters. The molecule has 1 atom stereocenters. The Balaban J connectivity index is 3.97. The van der Waals surface area contributed by atoms with Crippen LogP contribution in [0.3, 0.4) is 0 Å². The van der Waals surface area contributed by atoms with E-state index >= 15 is 0 Å². The van der Waals surface area contributed by atoms with Crippen LogP contribution in [0.5, 0.6) is 0 Å². The Hall–Kier alpha value is -0.610. The first-order valence-corrected chi connectivity index (χ1v) is 6.29. The third kappa shape index (κ3) is 6.80. The van der Waals surface area contributed by atoms with Gasteiger partial charge in [-0.15, -0.1) is 0 Å². The molecule has 0 saturated heterocycles. The average Bonchev–Trinajstić information content (AvgIpc) is 2.26. The van der Waals surface area contributed by atoms with E-state index in [1.807, 2.05) is 6.92 Å². The van der Waals surface area contributed by atoms with Crippen molar-refractivity contribution in [3.63, 3.8) is 0 Å². The van der Waals surface area contributed by atoms with Crippen molar-refractivity contribution in [2.24, 2.45) is 0 Å². The number of aliphatic hydroxyl groups excluding tert-OH is 1. The van der Waals surface area contributed by atoms with E-state index in [0.717, 1.165) is 25.9 Å². The van der Waals surface area contributed by atoms with E-state index in [1.165, 1.54) is 0 Å². The van der Waals surface area contributed by atoms with Gasteiger partial charge in [0.1, 0.15) is 0 Å². The van der Waals surface area contributed by atoms with Crippen molar-refractivity contribution in [3.8, 4) is 0 Å². The largest absolute Gasteiger partial charge is 0.396 e. The average molecular weight is 230 g/mol. The van der Waals surface area contributed by atoms with Crippen LogP contribution in [0, 0.1) is 0 Å². The van der Waals surface area contributed by atoms with Crippen molar-refractivity contribution in [3.05, 3.63) is 0 Å². The number of carbonyl (C=O) groups is 1. The van der Waals surface area contributed by atoms with Gasteiger partial charge in [0.2, 0.25) is 5.91 Å². The zero-order valence-electron chi connectivity index (χ0n) is 10.8. The van der Waals surface area contributed by atoms with Crippen molar-refractivity contribution < 1.29 is 9.90 Å². The van der Waals surface area contributed by atoms with Crippen molar-refractivity contribution in [1.82, 2.24) is 10.2 Å². The summed E-state index contributed by atoms with van der Waals surface area (Å²) in [7, 11) is 0. The summed E-state index contributed by atoms with van der Waals surface area (Å²) in [6.07, 6.45) is 3.23. The van der Waals surface area contributed by atoms with Gasteiger partial charge in [-0.2, -0.15) is 0 Å². The molecule has 0 aromatic rings. The fourth-order valence-corrected chi connectivity index (χ4v) is 1.71. The summed E-state index contributed by atoms with van der Waals surface area (Å²) in [6, 6.07) is 0. The van der Waals surface area contributed by atoms with Gasteiger partial charge in [-0.1, -0.05) is 13.8 Å². The Kier molecular flexibility index (Phi) is 9.24. The van der Waals surface area contributed by atoms with Gasteiger partial charge in [-0.3, -0.25) is 9.69 Å². The number of hydrogen-bond donors (Lipinski definition) is 2. The highest BCUT2D eigenvalue weighted by Crippen LogP contribution is 2.00. The van der Waals surface area contributed by atoms with Crippen LogP contribution in [-0.2, 0) is 4.79 Å². The second-order valence-electron chi connectivity index (χ2n) is 4.11. The fourth-order valence-electron chi connectivity index (χ4n) is 1.71. The summed E-state index contributed by atoms with van der Waals surface area (Å²) >= 11 is 0. The van der Waals surface area contributed by atoms with Crippen LogP contribution in [-0.4, -0.2) is 41.8 Å². The number of nitrogens with zero attached hydrogens (tertiary/aromatic N) is 1. The standard InChI is InChI=1S/C12H26N2O2/c1-4-8-14(9-5-2)11(3)13-12(16)7-6-10-15/h11,15H,4-10H2,1-3H3,(H,13,16). The summed E-state index contributed by atoms with van der Waals surface area (Å²) in [5, 5.41) is 11.6. The smallest absolute Gasteiger partial charge is 0.221 e. The number of aliphatic hydroxyl groups is 1. The molecule has 4 nitrogen and oxygen atoms in total. The van der Waals surface area contributed by atoms with E-state index in [1.54, 1.807) is 0 Å². The Morgan fingerprint density at radius 1 is 1.31 bits per heavy atom. The molecule has 0 aliphatic heterocycles. The van der Waals surface area contributed by atoms with E-state index < -0.39 is 0 Å². The molecule has 2 N–H and O–H groups in total. The van der Waals surface area contributed by atoms with Gasteiger partial charge in [0.05, 0.1) is 6.17 Å². The lowest BCUT2D eigenvalue weighted by Crippen LogP contribution is -2.46. The molecule has 0 rings (SSSR count). The van der Waals surface area contributed by atoms with Crippen LogP contribution in [0.1, 0.15) is 46.5 Å². The molecule has 0 aliphatic carbocycles. The maximum atomic E-state index is 11.5. The van der Waals surface area contributed by atoms with Gasteiger partial charge >= 0.3 is 0 Å². The Labute approximate surface area is 99.0 Å². The predicted octanol–water partition coefficient (Wildman–Crippen LogP) is 1.34. The fraction of sp³-hybridized carbons (Fsp3) is 0.917. The third-order valence-electron chi connectivity index (χ3n) is 2.50. The van der Waals surface area contributed by atoms with E-state index in [9.17, 15) is 4.79 Å². The van der Waals surface area contributed by atoms with E-state index in [0.29, 0.717) is 12.8 Å². The summed E-state index contributed by atoms with van der Waals surface area (Å²) in [6.45, 7) is 8.40. The second-order valence-corrected chi connectivity index (χ2v) is 4.11. The first kappa shape index (κ1) is 15.4. The van der Waals surface area contributed by atoms with Crippen molar-refractivity contribution in [1.29, 1.82) is 0 Å². The highest BCUT2D eigenvalue weighted by molar-refractivity contribution is 5.76. The molecule has 96 valence electrons. The highest BCUT2D eigenvalue weighted by atomic mass is 16.3. The van der Waals surface area contributed by atoms with E-state index in [2.05, 4.69) is 24.1 Å². The minimum absolute atomic E-state index is 0.0266. The van der Waals surface area contributed by atoms with Crippen molar-refractivity contribution in [2.45, 2.75) is 52.6 Å². The molecule has 0 radical (unpaired) electrons. The van der Waals surface area contributed by atoms with Crippen LogP contribution in [0.4, 0.5) is 0 Å². The van der Waals surface area contributed by atoms with E-state index in [-0.39, 0.29) is 18.7 Å². The predicted molar refractivity (Wildman–Crippen MR) is 66.1 cm³/mol. The number of amides is 1. The zero-order valence-corrected chi connectivity index (χ0v) is 10.8. The van der Waals surface area contributed by atoms with Gasteiger partial charge < -0.3 is 10.4 Å². The molecule has 0 aliphatic rings. The van der Waals surface area contributed by atoms with E-state index in [4.69, 9.17) is 5.11 Å². The summed E-state index contributed by atoms with van der Waals surface area (Å²) in [4.78, 5) is 13.8. The quantitative estimate of drug-likeness (QED) is 0.588. The molecule has 16 heavy (non-hydrogen) atoms. The lowest BCUT2D eigenvalue weighted by molar-refractivity contribution is -0.123. The number of rotatable bonds is 9. The van der Waals surface area contributed by atoms with Crippen LogP contribution in [0.25, 0.3) is 0 Å². The second kappa shape index (κ2) is 9.60. The molecule has 1 amide bonds. The highest BCUT2D eigenvalue weighted by Gasteiger charge is 2.13. The van der Waals surface area contributed by atoms with Crippen molar-refractivity contribution >= 4 is 5.91 Å².